The number of rotatable bonds is 7. The normalized spacial score (nSPS) is 13.7. The fourth-order valence-corrected chi connectivity index (χ4v) is 4.88. The van der Waals surface area contributed by atoms with Crippen LogP contribution in [0.15, 0.2) is 55.4 Å². The van der Waals surface area contributed by atoms with Crippen molar-refractivity contribution in [1.29, 1.82) is 5.26 Å². The Kier molecular flexibility index (Phi) is 7.49. The van der Waals surface area contributed by atoms with E-state index in [1.54, 1.807) is 27.7 Å². The second kappa shape index (κ2) is 11.2. The van der Waals surface area contributed by atoms with Crippen LogP contribution >= 0.6 is 0 Å². The molecule has 0 radical (unpaired) electrons. The van der Waals surface area contributed by atoms with Crippen molar-refractivity contribution >= 4 is 22.9 Å². The lowest BCUT2D eigenvalue weighted by molar-refractivity contribution is 0.102. The van der Waals surface area contributed by atoms with Crippen molar-refractivity contribution < 1.29 is 4.79 Å². The summed E-state index contributed by atoms with van der Waals surface area (Å²) in [7, 11) is 1.89. The van der Waals surface area contributed by atoms with Gasteiger partial charge in [0.1, 0.15) is 5.69 Å². The van der Waals surface area contributed by atoms with Gasteiger partial charge in [0.25, 0.3) is 5.91 Å². The third-order valence-corrected chi connectivity index (χ3v) is 7.57. The highest BCUT2D eigenvalue weighted by Gasteiger charge is 2.19. The molecule has 1 fully saturated rings. The highest BCUT2D eigenvalue weighted by Crippen LogP contribution is 2.28. The van der Waals surface area contributed by atoms with Crippen molar-refractivity contribution in [2.75, 3.05) is 42.9 Å². The number of hydrogen-bond donors (Lipinski definition) is 1. The quantitative estimate of drug-likeness (QED) is 0.353. The van der Waals surface area contributed by atoms with Crippen molar-refractivity contribution in [3.63, 3.8) is 0 Å². The van der Waals surface area contributed by atoms with E-state index in [9.17, 15) is 10.1 Å². The monoisotopic (exact) mass is 535 g/mol. The van der Waals surface area contributed by atoms with Gasteiger partial charge >= 0.3 is 0 Å². The van der Waals surface area contributed by atoms with E-state index in [1.165, 1.54) is 0 Å². The Morgan fingerprint density at radius 2 is 1.88 bits per heavy atom. The Labute approximate surface area is 234 Å². The Morgan fingerprint density at radius 3 is 2.55 bits per heavy atom. The van der Waals surface area contributed by atoms with E-state index in [0.717, 1.165) is 60.9 Å². The Bertz CT molecular complexity index is 1620. The number of hydrogen-bond acceptors (Lipinski definition) is 7. The molecule has 204 valence electrons. The molecule has 40 heavy (non-hydrogen) atoms. The highest BCUT2D eigenvalue weighted by molar-refractivity contribution is 6.05. The third-order valence-electron chi connectivity index (χ3n) is 7.57. The number of nitriles is 1. The van der Waals surface area contributed by atoms with Gasteiger partial charge in [-0.1, -0.05) is 24.8 Å². The van der Waals surface area contributed by atoms with Crippen LogP contribution in [-0.2, 0) is 7.05 Å². The molecule has 0 spiro atoms. The summed E-state index contributed by atoms with van der Waals surface area (Å²) >= 11 is 0. The standard InChI is InChI=1S/C30H33N9O/c1-6-37-9-11-38(12-10-37)26-14-24(21(3)17-31)13-25(16-26)33-30(40)23-8-7-20(2)29(15-23)39-19-28(34-35-39)27-18-32-36(5)22(27)4/h7-8,13-16,18-19H,3,6,9-12H2,1-2,4-5H3,(H,33,40). The summed E-state index contributed by atoms with van der Waals surface area (Å²) in [6.45, 7) is 14.7. The SMILES string of the molecule is C=C(C#N)c1cc(NC(=O)c2ccc(C)c(-n3cc(-c4cnn(C)c4C)nn3)c2)cc(N2CCN(CC)CC2)c1. The van der Waals surface area contributed by atoms with Gasteiger partial charge < -0.3 is 15.1 Å². The number of piperazine rings is 1. The molecule has 1 aliphatic heterocycles. The van der Waals surface area contributed by atoms with Crippen LogP contribution < -0.4 is 10.2 Å². The number of anilines is 2. The molecule has 0 saturated carbocycles. The summed E-state index contributed by atoms with van der Waals surface area (Å²) in [5.41, 5.74) is 7.43. The van der Waals surface area contributed by atoms with Crippen LogP contribution in [0.5, 0.6) is 0 Å². The topological polar surface area (TPSA) is 108 Å². The highest BCUT2D eigenvalue weighted by atomic mass is 16.1. The van der Waals surface area contributed by atoms with Crippen LogP contribution in [-0.4, -0.2) is 68.3 Å². The van der Waals surface area contributed by atoms with Gasteiger partial charge in [-0.3, -0.25) is 9.48 Å². The van der Waals surface area contributed by atoms with Crippen LogP contribution in [0.25, 0.3) is 22.5 Å². The zero-order valence-corrected chi connectivity index (χ0v) is 23.3. The van der Waals surface area contributed by atoms with Gasteiger partial charge in [-0.15, -0.1) is 5.10 Å². The second-order valence-electron chi connectivity index (χ2n) is 10.1. The molecule has 0 unspecified atom stereocenters. The molecular formula is C30H33N9O. The van der Waals surface area contributed by atoms with Gasteiger partial charge in [0.05, 0.1) is 29.7 Å². The van der Waals surface area contributed by atoms with E-state index in [4.69, 9.17) is 0 Å². The zero-order valence-electron chi connectivity index (χ0n) is 23.3. The Balaban J connectivity index is 1.41. The number of nitrogens with one attached hydrogen (secondary N) is 1. The number of nitrogens with zero attached hydrogens (tertiary/aromatic N) is 8. The van der Waals surface area contributed by atoms with Crippen molar-refractivity contribution in [2.45, 2.75) is 20.8 Å². The molecule has 0 aliphatic carbocycles. The van der Waals surface area contributed by atoms with Crippen molar-refractivity contribution in [3.05, 3.63) is 77.8 Å². The van der Waals surface area contributed by atoms with Crippen molar-refractivity contribution in [2.24, 2.45) is 7.05 Å². The van der Waals surface area contributed by atoms with Crippen LogP contribution in [0, 0.1) is 25.2 Å². The number of aromatic nitrogens is 5. The smallest absolute Gasteiger partial charge is 0.255 e. The number of carbonyl (C=O) groups excluding carboxylic acids is 1. The first-order valence-electron chi connectivity index (χ1n) is 13.3. The van der Waals surface area contributed by atoms with Gasteiger partial charge in [0.15, 0.2) is 0 Å². The lowest BCUT2D eigenvalue weighted by Gasteiger charge is -2.35. The summed E-state index contributed by atoms with van der Waals surface area (Å²) in [4.78, 5) is 18.1. The predicted molar refractivity (Wildman–Crippen MR) is 156 cm³/mol. The average molecular weight is 536 g/mol. The first kappa shape index (κ1) is 26.8. The molecule has 0 bridgehead atoms. The summed E-state index contributed by atoms with van der Waals surface area (Å²) in [6, 6.07) is 13.4. The third kappa shape index (κ3) is 5.37. The maximum absolute atomic E-state index is 13.4. The molecule has 2 aromatic carbocycles. The van der Waals surface area contributed by atoms with Crippen LogP contribution in [0.4, 0.5) is 11.4 Å². The number of amides is 1. The fourth-order valence-electron chi connectivity index (χ4n) is 4.88. The van der Waals surface area contributed by atoms with E-state index < -0.39 is 0 Å². The van der Waals surface area contributed by atoms with Gasteiger partial charge in [0, 0.05) is 61.4 Å². The Hall–Kier alpha value is -4.75. The number of aryl methyl sites for hydroxylation is 2. The van der Waals surface area contributed by atoms with Gasteiger partial charge in [0.2, 0.25) is 0 Å². The van der Waals surface area contributed by atoms with Crippen LogP contribution in [0.1, 0.15) is 34.1 Å². The van der Waals surface area contributed by atoms with E-state index in [1.807, 2.05) is 51.4 Å². The number of benzene rings is 2. The van der Waals surface area contributed by atoms with E-state index in [2.05, 4.69) is 50.1 Å². The number of allylic oxidation sites excluding steroid dienone is 1. The molecule has 1 amide bonds. The molecule has 1 saturated heterocycles. The molecule has 1 N–H and O–H groups in total. The van der Waals surface area contributed by atoms with Gasteiger partial charge in [-0.05, 0) is 61.9 Å². The number of likely N-dealkylation sites (N-methyl/N-ethyl adjacent to an activating group) is 1. The fraction of sp³-hybridized carbons (Fsp3) is 0.300. The minimum Gasteiger partial charge on any atom is -0.369 e. The lowest BCUT2D eigenvalue weighted by Crippen LogP contribution is -2.46. The molecule has 10 nitrogen and oxygen atoms in total. The van der Waals surface area contributed by atoms with Gasteiger partial charge in [-0.2, -0.15) is 10.4 Å². The number of carbonyl (C=O) groups is 1. The van der Waals surface area contributed by atoms with Crippen LogP contribution in [0.2, 0.25) is 0 Å². The molecule has 3 heterocycles. The summed E-state index contributed by atoms with van der Waals surface area (Å²) < 4.78 is 3.47. The predicted octanol–water partition coefficient (Wildman–Crippen LogP) is 4.22. The van der Waals surface area contributed by atoms with E-state index in [-0.39, 0.29) is 5.91 Å². The first-order chi connectivity index (χ1) is 19.3. The minimum atomic E-state index is -0.258. The zero-order chi connectivity index (χ0) is 28.4. The van der Waals surface area contributed by atoms with Crippen molar-refractivity contribution in [3.8, 4) is 23.0 Å². The largest absolute Gasteiger partial charge is 0.369 e. The molecule has 4 aromatic rings. The molecule has 1 aliphatic rings. The van der Waals surface area contributed by atoms with Crippen LogP contribution in [0.3, 0.4) is 0 Å². The molecule has 10 heteroatoms. The Morgan fingerprint density at radius 1 is 1.10 bits per heavy atom. The lowest BCUT2D eigenvalue weighted by atomic mass is 10.0. The molecule has 5 rings (SSSR count). The second-order valence-corrected chi connectivity index (χ2v) is 10.1. The maximum Gasteiger partial charge on any atom is 0.255 e. The summed E-state index contributed by atoms with van der Waals surface area (Å²) in [6.07, 6.45) is 3.61. The first-order valence-corrected chi connectivity index (χ1v) is 13.3. The van der Waals surface area contributed by atoms with Crippen molar-refractivity contribution in [1.82, 2.24) is 29.7 Å². The van der Waals surface area contributed by atoms with E-state index >= 15 is 0 Å². The average Bonchev–Trinajstić information content (AvgIpc) is 3.59. The maximum atomic E-state index is 13.4. The summed E-state index contributed by atoms with van der Waals surface area (Å²) in [5, 5.41) is 25.5. The molecular weight excluding hydrogens is 502 g/mol. The van der Waals surface area contributed by atoms with Gasteiger partial charge in [-0.25, -0.2) is 4.68 Å². The minimum absolute atomic E-state index is 0.258. The molecule has 2 aromatic heterocycles. The molecule has 0 atom stereocenters. The van der Waals surface area contributed by atoms with E-state index in [0.29, 0.717) is 28.1 Å². The summed E-state index contributed by atoms with van der Waals surface area (Å²) in [5.74, 6) is -0.258.